The van der Waals surface area contributed by atoms with Gasteiger partial charge in [0.05, 0.1) is 0 Å². The van der Waals surface area contributed by atoms with E-state index in [1.165, 1.54) is 43.2 Å². The summed E-state index contributed by atoms with van der Waals surface area (Å²) < 4.78 is 7.56. The van der Waals surface area contributed by atoms with E-state index in [4.69, 9.17) is 1.41 Å². The van der Waals surface area contributed by atoms with Gasteiger partial charge in [-0.05, 0) is 55.9 Å². The van der Waals surface area contributed by atoms with Crippen molar-refractivity contribution in [2.45, 2.75) is 39.0 Å². The van der Waals surface area contributed by atoms with Crippen LogP contribution in [0.5, 0.6) is 0 Å². The molecular weight excluding hydrogens is 206 g/mol. The van der Waals surface area contributed by atoms with Crippen molar-refractivity contribution in [3.05, 3.63) is 35.4 Å². The van der Waals surface area contributed by atoms with E-state index in [0.717, 1.165) is 19.0 Å². The van der Waals surface area contributed by atoms with E-state index in [1.54, 1.807) is 5.31 Å². The smallest absolute Gasteiger partial charge is 0.122 e. The largest absolute Gasteiger partial charge is 0.316 e. The summed E-state index contributed by atoms with van der Waals surface area (Å²) in [5.41, 5.74) is 3.42. The fraction of sp³-hybridized carbons (Fsp3) is 0.625. The van der Waals surface area contributed by atoms with Gasteiger partial charge < -0.3 is 5.31 Å². The Morgan fingerprint density at radius 3 is 2.76 bits per heavy atom. The van der Waals surface area contributed by atoms with E-state index < -0.39 is 0 Å². The minimum atomic E-state index is 0.533. The van der Waals surface area contributed by atoms with E-state index in [2.05, 4.69) is 31.2 Å². The summed E-state index contributed by atoms with van der Waals surface area (Å²) in [4.78, 5) is 0. The second-order valence-electron chi connectivity index (χ2n) is 6.18. The monoisotopic (exact) mass is 230 g/mol. The van der Waals surface area contributed by atoms with Crippen LogP contribution in [0.25, 0.3) is 0 Å². The number of hydrogen-bond acceptors (Lipinski definition) is 1. The van der Waals surface area contributed by atoms with Gasteiger partial charge in [-0.25, -0.2) is 0 Å². The summed E-state index contributed by atoms with van der Waals surface area (Å²) >= 11 is 0. The Labute approximate surface area is 106 Å². The molecular formula is C16H23N. The maximum Gasteiger partial charge on any atom is 0.122 e. The van der Waals surface area contributed by atoms with Crippen LogP contribution in [0.1, 0.15) is 36.8 Å². The van der Waals surface area contributed by atoms with Gasteiger partial charge in [-0.3, -0.25) is 0 Å². The number of benzene rings is 1. The van der Waals surface area contributed by atoms with Gasteiger partial charge in [-0.15, -0.1) is 0 Å². The van der Waals surface area contributed by atoms with Crippen molar-refractivity contribution in [2.24, 2.45) is 11.3 Å². The Morgan fingerprint density at radius 1 is 1.35 bits per heavy atom. The highest BCUT2D eigenvalue weighted by molar-refractivity contribution is 5.22. The molecule has 1 aliphatic heterocycles. The zero-order valence-electron chi connectivity index (χ0n) is 11.8. The molecule has 2 aliphatic rings. The van der Waals surface area contributed by atoms with Gasteiger partial charge in [-0.1, -0.05) is 29.8 Å². The topological polar surface area (TPSA) is 12.0 Å². The molecule has 1 aliphatic carbocycles. The summed E-state index contributed by atoms with van der Waals surface area (Å²) in [6, 6.07) is 8.96. The molecule has 1 aromatic carbocycles. The molecule has 1 saturated heterocycles. The highest BCUT2D eigenvalue weighted by Crippen LogP contribution is 2.42. The number of aryl methyl sites for hydroxylation is 1. The van der Waals surface area contributed by atoms with E-state index >= 15 is 0 Å². The van der Waals surface area contributed by atoms with Crippen molar-refractivity contribution in [1.29, 1.82) is 0 Å². The van der Waals surface area contributed by atoms with Crippen LogP contribution in [-0.2, 0) is 6.42 Å². The van der Waals surface area contributed by atoms with Crippen molar-refractivity contribution < 1.29 is 1.41 Å². The summed E-state index contributed by atoms with van der Waals surface area (Å²) in [5, 5.41) is 1.72. The van der Waals surface area contributed by atoms with Crippen LogP contribution < -0.4 is 5.31 Å². The average Bonchev–Trinajstić information content (AvgIpc) is 2.30. The SMILES string of the molecule is [2H]N1CC2(CCC(Cc3cccc(C)c3)CC2)C1. The van der Waals surface area contributed by atoms with Crippen molar-refractivity contribution in [1.82, 2.24) is 5.31 Å². The molecule has 1 aromatic rings. The molecule has 0 amide bonds. The third-order valence-electron chi connectivity index (χ3n) is 4.67. The second kappa shape index (κ2) is 4.45. The van der Waals surface area contributed by atoms with Crippen LogP contribution in [0.2, 0.25) is 1.41 Å². The molecule has 92 valence electrons. The van der Waals surface area contributed by atoms with Crippen LogP contribution in [0.3, 0.4) is 0 Å². The van der Waals surface area contributed by atoms with E-state index in [9.17, 15) is 0 Å². The predicted octanol–water partition coefficient (Wildman–Crippen LogP) is 3.32. The van der Waals surface area contributed by atoms with Gasteiger partial charge in [0.2, 0.25) is 0 Å². The first-order chi connectivity index (χ1) is 8.65. The lowest BCUT2D eigenvalue weighted by Crippen LogP contribution is -2.54. The molecule has 0 radical (unpaired) electrons. The third-order valence-corrected chi connectivity index (χ3v) is 4.67. The predicted molar refractivity (Wildman–Crippen MR) is 72.1 cm³/mol. The molecule has 1 heteroatoms. The third kappa shape index (κ3) is 2.40. The Kier molecular flexibility index (Phi) is 2.65. The Balaban J connectivity index is 1.54. The maximum absolute atomic E-state index is 7.56. The zero-order valence-corrected chi connectivity index (χ0v) is 10.8. The maximum atomic E-state index is 7.56. The second-order valence-corrected chi connectivity index (χ2v) is 6.18. The van der Waals surface area contributed by atoms with Crippen LogP contribution in [0.15, 0.2) is 24.3 Å². The highest BCUT2D eigenvalue weighted by atomic mass is 15.0. The summed E-state index contributed by atoms with van der Waals surface area (Å²) in [6.45, 7) is 4.21. The van der Waals surface area contributed by atoms with Gasteiger partial charge in [0.25, 0.3) is 0 Å². The zero-order chi connectivity index (χ0) is 12.6. The molecule has 0 aromatic heterocycles. The molecule has 17 heavy (non-hydrogen) atoms. The summed E-state index contributed by atoms with van der Waals surface area (Å²) in [7, 11) is 0. The van der Waals surface area contributed by atoms with E-state index in [1.807, 2.05) is 0 Å². The fourth-order valence-corrected chi connectivity index (χ4v) is 3.41. The molecule has 3 rings (SSSR count). The first kappa shape index (κ1) is 10.1. The van der Waals surface area contributed by atoms with Crippen molar-refractivity contribution in [3.63, 3.8) is 0 Å². The molecule has 1 spiro atoms. The molecule has 0 bridgehead atoms. The molecule has 1 nitrogen and oxygen atoms in total. The van der Waals surface area contributed by atoms with Gasteiger partial charge in [-0.2, -0.15) is 0 Å². The number of rotatable bonds is 2. The molecule has 1 saturated carbocycles. The number of nitrogens with one attached hydrogen (secondary N) is 1. The molecule has 0 atom stereocenters. The standard InChI is InChI=1S/C16H23N/c1-13-3-2-4-15(9-13)10-14-5-7-16(8-6-14)11-17-12-16/h2-4,9,14,17H,5-8,10-12H2,1H3/i/hD. The lowest BCUT2D eigenvalue weighted by molar-refractivity contribution is 0.0818. The van der Waals surface area contributed by atoms with Crippen LogP contribution in [-0.4, -0.2) is 13.1 Å². The highest BCUT2D eigenvalue weighted by Gasteiger charge is 2.39. The lowest BCUT2D eigenvalue weighted by Gasteiger charge is -2.47. The minimum Gasteiger partial charge on any atom is -0.316 e. The molecule has 0 unspecified atom stereocenters. The molecule has 2 fully saturated rings. The molecule has 1 heterocycles. The minimum absolute atomic E-state index is 0.533. The average molecular weight is 230 g/mol. The van der Waals surface area contributed by atoms with Gasteiger partial charge in [0.15, 0.2) is 0 Å². The van der Waals surface area contributed by atoms with Crippen molar-refractivity contribution in [3.8, 4) is 0 Å². The van der Waals surface area contributed by atoms with Crippen LogP contribution in [0.4, 0.5) is 0 Å². The summed E-state index contributed by atoms with van der Waals surface area (Å²) in [5.74, 6) is 0.872. The first-order valence-electron chi connectivity index (χ1n) is 7.39. The Hall–Kier alpha value is -0.820. The van der Waals surface area contributed by atoms with Crippen LogP contribution >= 0.6 is 0 Å². The normalized spacial score (nSPS) is 25.6. The fourth-order valence-electron chi connectivity index (χ4n) is 3.41. The van der Waals surface area contributed by atoms with E-state index in [0.29, 0.717) is 5.41 Å². The Bertz CT molecular complexity index is 413. The van der Waals surface area contributed by atoms with Crippen molar-refractivity contribution >= 4 is 0 Å². The first-order valence-corrected chi connectivity index (χ1v) is 6.95. The van der Waals surface area contributed by atoms with Gasteiger partial charge >= 0.3 is 0 Å². The van der Waals surface area contributed by atoms with Crippen LogP contribution in [0, 0.1) is 18.3 Å². The van der Waals surface area contributed by atoms with Gasteiger partial charge in [0.1, 0.15) is 1.41 Å². The van der Waals surface area contributed by atoms with Crippen molar-refractivity contribution in [2.75, 3.05) is 13.1 Å². The Morgan fingerprint density at radius 2 is 2.12 bits per heavy atom. The number of hydrogen-bond donors (Lipinski definition) is 1. The lowest BCUT2D eigenvalue weighted by atomic mass is 9.66. The summed E-state index contributed by atoms with van der Waals surface area (Å²) in [6.07, 6.45) is 6.67. The molecule has 1 N–H and O–H groups in total. The van der Waals surface area contributed by atoms with E-state index in [-0.39, 0.29) is 0 Å². The quantitative estimate of drug-likeness (QED) is 0.822. The van der Waals surface area contributed by atoms with Gasteiger partial charge in [0, 0.05) is 13.1 Å².